The zero-order valence-corrected chi connectivity index (χ0v) is 25.3. The van der Waals surface area contributed by atoms with Crippen LogP contribution in [0.2, 0.25) is 0 Å². The van der Waals surface area contributed by atoms with Crippen molar-refractivity contribution in [3.8, 4) is 0 Å². The normalized spacial score (nSPS) is 13.3. The first-order valence-corrected chi connectivity index (χ1v) is 17.9. The lowest BCUT2D eigenvalue weighted by atomic mass is 10.2. The zero-order chi connectivity index (χ0) is 27.3. The molecule has 4 nitrogen and oxygen atoms in total. The summed E-state index contributed by atoms with van der Waals surface area (Å²) in [4.78, 5) is 25.4. The van der Waals surface area contributed by atoms with Crippen LogP contribution in [0.25, 0.3) is 0 Å². The van der Waals surface area contributed by atoms with E-state index < -0.39 is 19.2 Å². The Morgan fingerprint density at radius 3 is 1.41 bits per heavy atom. The quantitative estimate of drug-likeness (QED) is 0.139. The van der Waals surface area contributed by atoms with Crippen LogP contribution in [-0.4, -0.2) is 57.3 Å². The van der Waals surface area contributed by atoms with E-state index in [9.17, 15) is 19.8 Å². The number of hydrogen-bond acceptors (Lipinski definition) is 4. The Kier molecular flexibility index (Phi) is 14.1. The summed E-state index contributed by atoms with van der Waals surface area (Å²) in [5.41, 5.74) is 0.786. The molecule has 0 aliphatic carbocycles. The Morgan fingerprint density at radius 1 is 0.703 bits per heavy atom. The molecule has 2 unspecified atom stereocenters. The molecule has 2 aromatic rings. The van der Waals surface area contributed by atoms with Crippen molar-refractivity contribution in [1.29, 1.82) is 0 Å². The van der Waals surface area contributed by atoms with Crippen molar-refractivity contribution in [2.24, 2.45) is 0 Å². The SMILES string of the molecule is CCCC[P+](CCCC)(CC(CC)Sc1ccccc1C(=O)O)CC(CC)Sc1ccccc1C(=O)O. The van der Waals surface area contributed by atoms with Gasteiger partial charge >= 0.3 is 11.9 Å². The molecule has 0 saturated heterocycles. The number of carbonyl (C=O) groups is 2. The Morgan fingerprint density at radius 2 is 1.08 bits per heavy atom. The third-order valence-electron chi connectivity index (χ3n) is 6.89. The molecule has 2 atom stereocenters. The molecule has 7 heteroatoms. The molecular weight excluding hydrogens is 519 g/mol. The van der Waals surface area contributed by atoms with Gasteiger partial charge in [-0.15, -0.1) is 23.5 Å². The summed E-state index contributed by atoms with van der Waals surface area (Å²) in [6.07, 6.45) is 11.6. The van der Waals surface area contributed by atoms with Crippen LogP contribution in [0.3, 0.4) is 0 Å². The molecule has 0 spiro atoms. The second-order valence-corrected chi connectivity index (χ2v) is 16.8. The van der Waals surface area contributed by atoms with Crippen LogP contribution in [-0.2, 0) is 0 Å². The van der Waals surface area contributed by atoms with E-state index in [4.69, 9.17) is 0 Å². The number of thioether (sulfide) groups is 2. The molecule has 204 valence electrons. The smallest absolute Gasteiger partial charge is 0.336 e. The minimum Gasteiger partial charge on any atom is -0.478 e. The molecule has 0 bridgehead atoms. The van der Waals surface area contributed by atoms with Gasteiger partial charge in [-0.1, -0.05) is 64.8 Å². The summed E-state index contributed by atoms with van der Waals surface area (Å²) < 4.78 is 0. The lowest BCUT2D eigenvalue weighted by molar-refractivity contribution is 0.0682. The maximum atomic E-state index is 11.8. The van der Waals surface area contributed by atoms with Gasteiger partial charge in [0.05, 0.1) is 35.8 Å². The average molecular weight is 564 g/mol. The molecule has 37 heavy (non-hydrogen) atoms. The molecule has 2 rings (SSSR count). The molecule has 2 aromatic carbocycles. The van der Waals surface area contributed by atoms with E-state index in [2.05, 4.69) is 27.7 Å². The van der Waals surface area contributed by atoms with Gasteiger partial charge in [-0.25, -0.2) is 9.59 Å². The number of benzene rings is 2. The van der Waals surface area contributed by atoms with Crippen LogP contribution in [0, 0.1) is 0 Å². The van der Waals surface area contributed by atoms with Crippen molar-refractivity contribution in [3.05, 3.63) is 59.7 Å². The highest BCUT2D eigenvalue weighted by molar-refractivity contribution is 8.01. The zero-order valence-electron chi connectivity index (χ0n) is 22.8. The Balaban J connectivity index is 2.36. The van der Waals surface area contributed by atoms with Gasteiger partial charge in [0.1, 0.15) is 0 Å². The first-order chi connectivity index (χ1) is 17.8. The van der Waals surface area contributed by atoms with E-state index in [0.29, 0.717) is 21.6 Å². The maximum Gasteiger partial charge on any atom is 0.336 e. The van der Waals surface area contributed by atoms with Crippen molar-refractivity contribution in [3.63, 3.8) is 0 Å². The van der Waals surface area contributed by atoms with Crippen LogP contribution in [0.4, 0.5) is 0 Å². The van der Waals surface area contributed by atoms with Crippen molar-refractivity contribution in [2.45, 2.75) is 86.5 Å². The van der Waals surface area contributed by atoms with Crippen LogP contribution < -0.4 is 0 Å². The summed E-state index contributed by atoms with van der Waals surface area (Å²) in [5.74, 6) is -1.73. The third-order valence-corrected chi connectivity index (χ3v) is 15.2. The van der Waals surface area contributed by atoms with E-state index in [0.717, 1.165) is 35.0 Å². The van der Waals surface area contributed by atoms with Crippen LogP contribution in [0.15, 0.2) is 58.3 Å². The lowest BCUT2D eigenvalue weighted by Crippen LogP contribution is -2.24. The predicted molar refractivity (Wildman–Crippen MR) is 163 cm³/mol. The molecule has 2 N–H and O–H groups in total. The fourth-order valence-electron chi connectivity index (χ4n) is 4.75. The summed E-state index contributed by atoms with van der Waals surface area (Å²) in [6, 6.07) is 14.8. The molecule has 0 fully saturated rings. The molecule has 0 heterocycles. The van der Waals surface area contributed by atoms with E-state index in [1.165, 1.54) is 38.0 Å². The van der Waals surface area contributed by atoms with Crippen molar-refractivity contribution >= 4 is 42.7 Å². The minimum absolute atomic E-state index is 0.372. The lowest BCUT2D eigenvalue weighted by Gasteiger charge is -2.34. The Labute approximate surface area is 232 Å². The van der Waals surface area contributed by atoms with Gasteiger partial charge in [0, 0.05) is 27.6 Å². The molecule has 0 amide bonds. The summed E-state index contributed by atoms with van der Waals surface area (Å²) in [6.45, 7) is 8.98. The van der Waals surface area contributed by atoms with E-state index in [1.807, 2.05) is 24.3 Å². The maximum absolute atomic E-state index is 11.8. The number of carboxylic acids is 2. The Bertz CT molecular complexity index is 918. The predicted octanol–water partition coefficient (Wildman–Crippen LogP) is 9.14. The highest BCUT2D eigenvalue weighted by Gasteiger charge is 2.41. The second-order valence-electron chi connectivity index (χ2n) is 9.76. The van der Waals surface area contributed by atoms with Gasteiger partial charge in [0.2, 0.25) is 0 Å². The standard InChI is InChI=1S/C30H43O4PS2/c1-5-9-19-35(20-10-6-2,21-23(7-3)36-27-17-13-11-15-25(27)29(31)32)22-24(8-4)37-28-18-14-12-16-26(28)30(33)34/h11-18,23-24H,5-10,19-22H2,1-4H3,(H-,31,32,33,34)/p+1. The summed E-state index contributed by atoms with van der Waals surface area (Å²) in [5, 5.41) is 20.2. The first kappa shape index (κ1) is 31.7. The Hall–Kier alpha value is -1.49. The largest absolute Gasteiger partial charge is 0.478 e. The van der Waals surface area contributed by atoms with Gasteiger partial charge in [0.25, 0.3) is 0 Å². The topological polar surface area (TPSA) is 74.6 Å². The van der Waals surface area contributed by atoms with E-state index in [1.54, 1.807) is 47.8 Å². The van der Waals surface area contributed by atoms with Gasteiger partial charge in [-0.3, -0.25) is 0 Å². The third kappa shape index (κ3) is 9.96. The van der Waals surface area contributed by atoms with Gasteiger partial charge in [-0.05, 0) is 49.9 Å². The summed E-state index contributed by atoms with van der Waals surface area (Å²) in [7, 11) is -1.36. The molecule has 0 saturated carbocycles. The number of hydrogen-bond donors (Lipinski definition) is 2. The first-order valence-electron chi connectivity index (χ1n) is 13.6. The fourth-order valence-corrected chi connectivity index (χ4v) is 14.5. The van der Waals surface area contributed by atoms with Crippen LogP contribution >= 0.6 is 30.8 Å². The molecule has 0 aliphatic heterocycles. The molecule has 0 radical (unpaired) electrons. The average Bonchev–Trinajstić information content (AvgIpc) is 2.90. The van der Waals surface area contributed by atoms with E-state index in [-0.39, 0.29) is 0 Å². The molecule has 0 aliphatic rings. The number of rotatable bonds is 18. The number of aromatic carboxylic acids is 2. The van der Waals surface area contributed by atoms with E-state index >= 15 is 0 Å². The molecule has 0 aromatic heterocycles. The van der Waals surface area contributed by atoms with Gasteiger partial charge < -0.3 is 10.2 Å². The van der Waals surface area contributed by atoms with Gasteiger partial charge in [0.15, 0.2) is 0 Å². The van der Waals surface area contributed by atoms with Crippen molar-refractivity contribution in [1.82, 2.24) is 0 Å². The van der Waals surface area contributed by atoms with Crippen LogP contribution in [0.1, 0.15) is 86.9 Å². The van der Waals surface area contributed by atoms with Crippen molar-refractivity contribution in [2.75, 3.05) is 24.6 Å². The van der Waals surface area contributed by atoms with Gasteiger partial charge in [-0.2, -0.15) is 0 Å². The molecular formula is C30H44O4PS2+. The highest BCUT2D eigenvalue weighted by Crippen LogP contribution is 2.63. The fraction of sp³-hybridized carbons (Fsp3) is 0.533. The second kappa shape index (κ2) is 16.5. The van der Waals surface area contributed by atoms with Crippen LogP contribution in [0.5, 0.6) is 0 Å². The highest BCUT2D eigenvalue weighted by atomic mass is 32.2. The summed E-state index contributed by atoms with van der Waals surface area (Å²) >= 11 is 3.49. The number of unbranched alkanes of at least 4 members (excludes halogenated alkanes) is 2. The minimum atomic E-state index is -1.36. The number of carboxylic acid groups (broad SMARTS) is 2. The monoisotopic (exact) mass is 563 g/mol. The van der Waals surface area contributed by atoms with Crippen molar-refractivity contribution < 1.29 is 19.8 Å².